The Labute approximate surface area is 115 Å². The Hall–Kier alpha value is -1.06. The Bertz CT molecular complexity index is 439. The van der Waals surface area contributed by atoms with E-state index in [2.05, 4.69) is 17.4 Å². The summed E-state index contributed by atoms with van der Waals surface area (Å²) in [5, 5.41) is 3.40. The molecule has 0 amide bonds. The molecule has 3 heteroatoms. The van der Waals surface area contributed by atoms with Crippen molar-refractivity contribution in [2.45, 2.75) is 38.2 Å². The maximum absolute atomic E-state index is 5.89. The fourth-order valence-electron chi connectivity index (χ4n) is 3.15. The van der Waals surface area contributed by atoms with Crippen LogP contribution in [-0.2, 0) is 17.6 Å². The number of aryl methyl sites for hydroxylation is 2. The van der Waals surface area contributed by atoms with Crippen LogP contribution in [0.2, 0.25) is 0 Å². The highest BCUT2D eigenvalue weighted by Gasteiger charge is 2.22. The molecule has 3 rings (SSSR count). The summed E-state index contributed by atoms with van der Waals surface area (Å²) in [5.41, 5.74) is 4.19. The molecule has 1 unspecified atom stereocenters. The van der Waals surface area contributed by atoms with Gasteiger partial charge >= 0.3 is 0 Å². The van der Waals surface area contributed by atoms with Crippen LogP contribution in [0.5, 0.6) is 5.75 Å². The van der Waals surface area contributed by atoms with Crippen LogP contribution < -0.4 is 10.1 Å². The maximum Gasteiger partial charge on any atom is 0.125 e. The van der Waals surface area contributed by atoms with Crippen LogP contribution in [0.25, 0.3) is 0 Å². The van der Waals surface area contributed by atoms with Crippen LogP contribution >= 0.6 is 0 Å². The predicted octanol–water partition coefficient (Wildman–Crippen LogP) is 2.63. The lowest BCUT2D eigenvalue weighted by molar-refractivity contribution is 0.0262. The zero-order valence-electron chi connectivity index (χ0n) is 11.7. The van der Waals surface area contributed by atoms with Crippen molar-refractivity contribution in [1.29, 1.82) is 0 Å². The summed E-state index contributed by atoms with van der Waals surface area (Å²) in [6.07, 6.45) is 6.48. The first kappa shape index (κ1) is 12.9. The monoisotopic (exact) mass is 261 g/mol. The molecule has 1 atom stereocenters. The number of fused-ring (bicyclic) bond motifs is 1. The minimum Gasteiger partial charge on any atom is -0.496 e. The van der Waals surface area contributed by atoms with Crippen molar-refractivity contribution in [3.63, 3.8) is 0 Å². The summed E-state index contributed by atoms with van der Waals surface area (Å²) in [5.74, 6) is 0.995. The quantitative estimate of drug-likeness (QED) is 0.830. The van der Waals surface area contributed by atoms with Crippen molar-refractivity contribution < 1.29 is 9.47 Å². The average Bonchev–Trinajstić information content (AvgIpc) is 2.71. The van der Waals surface area contributed by atoms with Gasteiger partial charge in [0, 0.05) is 18.7 Å². The lowest BCUT2D eigenvalue weighted by Crippen LogP contribution is -2.33. The molecule has 19 heavy (non-hydrogen) atoms. The smallest absolute Gasteiger partial charge is 0.125 e. The standard InChI is InChI=1S/C16H23NO2/c1-18-15-10-13-6-4-2-3-5-12(13)9-14(15)16-11-17-7-8-19-16/h9-10,16-17H,2-8,11H2,1H3. The second-order valence-corrected chi connectivity index (χ2v) is 5.49. The molecule has 0 aromatic heterocycles. The third kappa shape index (κ3) is 2.77. The first-order valence-electron chi connectivity index (χ1n) is 7.40. The molecule has 2 aliphatic rings. The van der Waals surface area contributed by atoms with Crippen LogP contribution in [0.3, 0.4) is 0 Å². The molecular formula is C16H23NO2. The summed E-state index contributed by atoms with van der Waals surface area (Å²) >= 11 is 0. The number of ether oxygens (including phenoxy) is 2. The van der Waals surface area contributed by atoms with Gasteiger partial charge in [-0.3, -0.25) is 0 Å². The first-order chi connectivity index (χ1) is 9.38. The van der Waals surface area contributed by atoms with Crippen LogP contribution in [0.4, 0.5) is 0 Å². The van der Waals surface area contributed by atoms with Gasteiger partial charge < -0.3 is 14.8 Å². The average molecular weight is 261 g/mol. The number of morpholine rings is 1. The van der Waals surface area contributed by atoms with Crippen molar-refractivity contribution in [3.05, 3.63) is 28.8 Å². The topological polar surface area (TPSA) is 30.5 Å². The molecule has 0 radical (unpaired) electrons. The number of hydrogen-bond acceptors (Lipinski definition) is 3. The second kappa shape index (κ2) is 5.93. The molecule has 1 aromatic rings. The molecule has 1 aromatic carbocycles. The Morgan fingerprint density at radius 1 is 1.16 bits per heavy atom. The van der Waals surface area contributed by atoms with Crippen molar-refractivity contribution in [2.24, 2.45) is 0 Å². The van der Waals surface area contributed by atoms with E-state index >= 15 is 0 Å². The van der Waals surface area contributed by atoms with Gasteiger partial charge in [0.15, 0.2) is 0 Å². The minimum absolute atomic E-state index is 0.136. The molecule has 1 fully saturated rings. The van der Waals surface area contributed by atoms with E-state index in [-0.39, 0.29) is 6.10 Å². The van der Waals surface area contributed by atoms with Gasteiger partial charge in [-0.25, -0.2) is 0 Å². The number of methoxy groups -OCH3 is 1. The van der Waals surface area contributed by atoms with Crippen LogP contribution in [0.15, 0.2) is 12.1 Å². The van der Waals surface area contributed by atoms with E-state index in [1.54, 1.807) is 7.11 Å². The highest BCUT2D eigenvalue weighted by Crippen LogP contribution is 2.34. The molecule has 1 heterocycles. The molecule has 1 aliphatic heterocycles. The lowest BCUT2D eigenvalue weighted by Gasteiger charge is -2.26. The lowest BCUT2D eigenvalue weighted by atomic mass is 9.96. The van der Waals surface area contributed by atoms with Gasteiger partial charge in [-0.1, -0.05) is 6.42 Å². The van der Waals surface area contributed by atoms with E-state index in [1.165, 1.54) is 48.8 Å². The van der Waals surface area contributed by atoms with E-state index in [9.17, 15) is 0 Å². The molecule has 0 bridgehead atoms. The highest BCUT2D eigenvalue weighted by atomic mass is 16.5. The van der Waals surface area contributed by atoms with Crippen molar-refractivity contribution in [2.75, 3.05) is 26.8 Å². The van der Waals surface area contributed by atoms with Gasteiger partial charge in [0.05, 0.1) is 19.8 Å². The molecule has 0 saturated carbocycles. The summed E-state index contributed by atoms with van der Waals surface area (Å²) in [6, 6.07) is 4.57. The summed E-state index contributed by atoms with van der Waals surface area (Å²) in [6.45, 7) is 2.61. The van der Waals surface area contributed by atoms with Gasteiger partial charge in [0.25, 0.3) is 0 Å². The summed E-state index contributed by atoms with van der Waals surface area (Å²) in [7, 11) is 1.76. The second-order valence-electron chi connectivity index (χ2n) is 5.49. The summed E-state index contributed by atoms with van der Waals surface area (Å²) in [4.78, 5) is 0. The zero-order chi connectivity index (χ0) is 13.1. The Balaban J connectivity index is 1.95. The van der Waals surface area contributed by atoms with E-state index < -0.39 is 0 Å². The number of benzene rings is 1. The molecule has 1 saturated heterocycles. The van der Waals surface area contributed by atoms with E-state index in [1.807, 2.05) is 0 Å². The van der Waals surface area contributed by atoms with Crippen LogP contribution in [0, 0.1) is 0 Å². The molecule has 1 N–H and O–H groups in total. The Morgan fingerprint density at radius 3 is 2.63 bits per heavy atom. The fourth-order valence-corrected chi connectivity index (χ4v) is 3.15. The van der Waals surface area contributed by atoms with Gasteiger partial charge in [0.2, 0.25) is 0 Å². The van der Waals surface area contributed by atoms with Gasteiger partial charge in [0.1, 0.15) is 5.75 Å². The van der Waals surface area contributed by atoms with E-state index in [4.69, 9.17) is 9.47 Å². The molecular weight excluding hydrogens is 238 g/mol. The number of rotatable bonds is 2. The van der Waals surface area contributed by atoms with Crippen molar-refractivity contribution >= 4 is 0 Å². The van der Waals surface area contributed by atoms with Gasteiger partial charge in [-0.2, -0.15) is 0 Å². The maximum atomic E-state index is 5.89. The minimum atomic E-state index is 0.136. The first-order valence-corrected chi connectivity index (χ1v) is 7.40. The van der Waals surface area contributed by atoms with E-state index in [0.717, 1.165) is 25.4 Å². The largest absolute Gasteiger partial charge is 0.496 e. The molecule has 0 spiro atoms. The Morgan fingerprint density at radius 2 is 1.95 bits per heavy atom. The fraction of sp³-hybridized carbons (Fsp3) is 0.625. The third-order valence-electron chi connectivity index (χ3n) is 4.22. The van der Waals surface area contributed by atoms with Crippen LogP contribution in [-0.4, -0.2) is 26.8 Å². The number of hydrogen-bond donors (Lipinski definition) is 1. The van der Waals surface area contributed by atoms with Crippen molar-refractivity contribution in [1.82, 2.24) is 5.32 Å². The Kier molecular flexibility index (Phi) is 4.04. The van der Waals surface area contributed by atoms with E-state index in [0.29, 0.717) is 0 Å². The molecule has 3 nitrogen and oxygen atoms in total. The van der Waals surface area contributed by atoms with Gasteiger partial charge in [-0.05, 0) is 48.9 Å². The molecule has 1 aliphatic carbocycles. The zero-order valence-corrected chi connectivity index (χ0v) is 11.7. The molecule has 104 valence electrons. The highest BCUT2D eigenvalue weighted by molar-refractivity contribution is 5.45. The predicted molar refractivity (Wildman–Crippen MR) is 75.8 cm³/mol. The van der Waals surface area contributed by atoms with Crippen LogP contribution in [0.1, 0.15) is 42.1 Å². The normalized spacial score (nSPS) is 23.5. The SMILES string of the molecule is COc1cc2c(cc1C1CNCCO1)CCCCC2. The third-order valence-corrected chi connectivity index (χ3v) is 4.22. The number of nitrogens with one attached hydrogen (secondary N) is 1. The van der Waals surface area contributed by atoms with Crippen molar-refractivity contribution in [3.8, 4) is 5.75 Å². The van der Waals surface area contributed by atoms with Gasteiger partial charge in [-0.15, -0.1) is 0 Å². The summed E-state index contributed by atoms with van der Waals surface area (Å²) < 4.78 is 11.5.